The largest absolute Gasteiger partial charge is 0.493 e. The summed E-state index contributed by atoms with van der Waals surface area (Å²) < 4.78 is 16.2. The molecule has 0 aliphatic carbocycles. The fourth-order valence-corrected chi connectivity index (χ4v) is 3.53. The lowest BCUT2D eigenvalue weighted by Crippen LogP contribution is -2.19. The molecule has 2 amide bonds. The topological polar surface area (TPSA) is 85.6 Å². The van der Waals surface area contributed by atoms with Crippen molar-refractivity contribution in [1.82, 2.24) is 4.98 Å². The van der Waals surface area contributed by atoms with Gasteiger partial charge in [0.25, 0.3) is 0 Å². The van der Waals surface area contributed by atoms with Gasteiger partial charge in [-0.2, -0.15) is 0 Å². The number of hydrogen-bond donors (Lipinski definition) is 2. The number of aryl methyl sites for hydroxylation is 2. The standard InChI is InChI=1S/C26H25N3O4/c1-16-5-11-21(17(2)13-16)22-15-33-25(29-22)18-6-8-19(9-7-18)27-26(30)28-20-10-12-23(31-3)24(14-20)32-4/h5-15H,1-4H3,(H2,27,28,30). The number of methoxy groups -OCH3 is 2. The third-order valence-corrected chi connectivity index (χ3v) is 5.19. The number of aromatic nitrogens is 1. The number of urea groups is 1. The highest BCUT2D eigenvalue weighted by atomic mass is 16.5. The van der Waals surface area contributed by atoms with Crippen LogP contribution in [0.3, 0.4) is 0 Å². The third kappa shape index (κ3) is 4.98. The van der Waals surface area contributed by atoms with Gasteiger partial charge >= 0.3 is 6.03 Å². The lowest BCUT2D eigenvalue weighted by Gasteiger charge is -2.11. The van der Waals surface area contributed by atoms with Gasteiger partial charge in [0.1, 0.15) is 12.0 Å². The maximum absolute atomic E-state index is 12.4. The van der Waals surface area contributed by atoms with Crippen LogP contribution in [-0.4, -0.2) is 25.2 Å². The molecule has 4 aromatic rings. The van der Waals surface area contributed by atoms with Gasteiger partial charge in [0, 0.05) is 28.6 Å². The smallest absolute Gasteiger partial charge is 0.323 e. The maximum Gasteiger partial charge on any atom is 0.323 e. The van der Waals surface area contributed by atoms with Gasteiger partial charge in [-0.25, -0.2) is 9.78 Å². The minimum Gasteiger partial charge on any atom is -0.493 e. The second kappa shape index (κ2) is 9.48. The van der Waals surface area contributed by atoms with Crippen molar-refractivity contribution in [1.29, 1.82) is 0 Å². The average molecular weight is 444 g/mol. The summed E-state index contributed by atoms with van der Waals surface area (Å²) in [5, 5.41) is 5.58. The molecule has 4 rings (SSSR count). The van der Waals surface area contributed by atoms with Crippen LogP contribution < -0.4 is 20.1 Å². The highest BCUT2D eigenvalue weighted by Crippen LogP contribution is 2.30. The van der Waals surface area contributed by atoms with E-state index >= 15 is 0 Å². The van der Waals surface area contributed by atoms with Crippen LogP contribution in [0.2, 0.25) is 0 Å². The Bertz CT molecular complexity index is 1280. The second-order valence-corrected chi connectivity index (χ2v) is 7.58. The molecule has 0 atom stereocenters. The Labute approximate surface area is 192 Å². The summed E-state index contributed by atoms with van der Waals surface area (Å²) in [5.41, 5.74) is 6.23. The number of carbonyl (C=O) groups excluding carboxylic acids is 1. The van der Waals surface area contributed by atoms with Crippen LogP contribution in [0.25, 0.3) is 22.7 Å². The normalized spacial score (nSPS) is 10.5. The van der Waals surface area contributed by atoms with Gasteiger partial charge in [-0.15, -0.1) is 0 Å². The van der Waals surface area contributed by atoms with E-state index < -0.39 is 0 Å². The molecule has 0 fully saturated rings. The van der Waals surface area contributed by atoms with Crippen molar-refractivity contribution >= 4 is 17.4 Å². The first-order valence-corrected chi connectivity index (χ1v) is 10.4. The number of carbonyl (C=O) groups is 1. The lowest BCUT2D eigenvalue weighted by atomic mass is 10.0. The summed E-state index contributed by atoms with van der Waals surface area (Å²) >= 11 is 0. The van der Waals surface area contributed by atoms with Gasteiger partial charge in [-0.3, -0.25) is 0 Å². The Kier molecular flexibility index (Phi) is 6.31. The van der Waals surface area contributed by atoms with Crippen molar-refractivity contribution in [3.8, 4) is 34.2 Å². The van der Waals surface area contributed by atoms with Crippen molar-refractivity contribution in [2.24, 2.45) is 0 Å². The van der Waals surface area contributed by atoms with Crippen molar-refractivity contribution < 1.29 is 18.7 Å². The minimum atomic E-state index is -0.372. The van der Waals surface area contributed by atoms with Crippen molar-refractivity contribution in [2.45, 2.75) is 13.8 Å². The van der Waals surface area contributed by atoms with Gasteiger partial charge in [0.15, 0.2) is 11.5 Å². The number of nitrogens with one attached hydrogen (secondary N) is 2. The van der Waals surface area contributed by atoms with E-state index in [0.717, 1.165) is 22.4 Å². The van der Waals surface area contributed by atoms with Crippen LogP contribution in [0.15, 0.2) is 71.3 Å². The van der Waals surface area contributed by atoms with Crippen LogP contribution in [-0.2, 0) is 0 Å². The fraction of sp³-hybridized carbons (Fsp3) is 0.154. The molecule has 7 heteroatoms. The summed E-state index contributed by atoms with van der Waals surface area (Å²) in [6, 6.07) is 18.3. The van der Waals surface area contributed by atoms with Crippen molar-refractivity contribution in [2.75, 3.05) is 24.9 Å². The maximum atomic E-state index is 12.4. The van der Waals surface area contributed by atoms with Gasteiger partial charge < -0.3 is 24.5 Å². The van der Waals surface area contributed by atoms with Crippen LogP contribution in [0.5, 0.6) is 11.5 Å². The zero-order valence-electron chi connectivity index (χ0n) is 18.9. The summed E-state index contributed by atoms with van der Waals surface area (Å²) in [5.74, 6) is 1.64. The van der Waals surface area contributed by atoms with E-state index in [2.05, 4.69) is 47.7 Å². The molecular weight excluding hydrogens is 418 g/mol. The number of rotatable bonds is 6. The molecule has 0 saturated heterocycles. The number of benzene rings is 3. The molecule has 0 unspecified atom stereocenters. The van der Waals surface area contributed by atoms with Gasteiger partial charge in [-0.1, -0.05) is 23.8 Å². The first-order valence-electron chi connectivity index (χ1n) is 10.4. The molecule has 1 aromatic heterocycles. The van der Waals surface area contributed by atoms with Crippen LogP contribution >= 0.6 is 0 Å². The third-order valence-electron chi connectivity index (χ3n) is 5.19. The van der Waals surface area contributed by atoms with E-state index in [-0.39, 0.29) is 6.03 Å². The first kappa shape index (κ1) is 22.0. The zero-order chi connectivity index (χ0) is 23.4. The predicted octanol–water partition coefficient (Wildman–Crippen LogP) is 6.29. The lowest BCUT2D eigenvalue weighted by molar-refractivity contribution is 0.262. The molecule has 168 valence electrons. The summed E-state index contributed by atoms with van der Waals surface area (Å²) in [6.45, 7) is 4.12. The van der Waals surface area contributed by atoms with Crippen molar-refractivity contribution in [3.63, 3.8) is 0 Å². The Morgan fingerprint density at radius 2 is 1.55 bits per heavy atom. The van der Waals surface area contributed by atoms with E-state index in [1.807, 2.05) is 12.1 Å². The Morgan fingerprint density at radius 3 is 2.24 bits per heavy atom. The fourth-order valence-electron chi connectivity index (χ4n) is 3.53. The van der Waals surface area contributed by atoms with E-state index in [1.165, 1.54) is 5.56 Å². The molecule has 33 heavy (non-hydrogen) atoms. The summed E-state index contributed by atoms with van der Waals surface area (Å²) in [6.07, 6.45) is 1.66. The molecular formula is C26H25N3O4. The van der Waals surface area contributed by atoms with Gasteiger partial charge in [0.05, 0.1) is 14.2 Å². The number of oxazole rings is 1. The van der Waals surface area contributed by atoms with Gasteiger partial charge in [-0.05, 0) is 55.8 Å². The number of ether oxygens (including phenoxy) is 2. The number of amides is 2. The quantitative estimate of drug-likeness (QED) is 0.366. The number of nitrogens with zero attached hydrogens (tertiary/aromatic N) is 1. The van der Waals surface area contributed by atoms with E-state index in [0.29, 0.717) is 28.8 Å². The van der Waals surface area contributed by atoms with Crippen LogP contribution in [0, 0.1) is 13.8 Å². The van der Waals surface area contributed by atoms with Crippen molar-refractivity contribution in [3.05, 3.63) is 78.1 Å². The SMILES string of the molecule is COc1ccc(NC(=O)Nc2ccc(-c3nc(-c4ccc(C)cc4C)co3)cc2)cc1OC. The van der Waals surface area contributed by atoms with Gasteiger partial charge in [0.2, 0.25) is 5.89 Å². The Hall–Kier alpha value is -4.26. The van der Waals surface area contributed by atoms with E-state index in [1.54, 1.807) is 50.8 Å². The molecule has 0 aliphatic heterocycles. The molecule has 0 saturated carbocycles. The summed E-state index contributed by atoms with van der Waals surface area (Å²) in [4.78, 5) is 17.0. The monoisotopic (exact) mass is 443 g/mol. The number of hydrogen-bond acceptors (Lipinski definition) is 5. The van der Waals surface area contributed by atoms with Crippen LogP contribution in [0.1, 0.15) is 11.1 Å². The highest BCUT2D eigenvalue weighted by molar-refractivity contribution is 6.00. The average Bonchev–Trinajstić information content (AvgIpc) is 3.29. The molecule has 7 nitrogen and oxygen atoms in total. The van der Waals surface area contributed by atoms with E-state index in [4.69, 9.17) is 13.9 Å². The Morgan fingerprint density at radius 1 is 0.848 bits per heavy atom. The Balaban J connectivity index is 1.42. The zero-order valence-corrected chi connectivity index (χ0v) is 18.9. The predicted molar refractivity (Wildman–Crippen MR) is 129 cm³/mol. The highest BCUT2D eigenvalue weighted by Gasteiger charge is 2.12. The molecule has 1 heterocycles. The van der Waals surface area contributed by atoms with E-state index in [9.17, 15) is 4.79 Å². The molecule has 3 aromatic carbocycles. The second-order valence-electron chi connectivity index (χ2n) is 7.58. The first-order chi connectivity index (χ1) is 16.0. The molecule has 0 spiro atoms. The molecule has 2 N–H and O–H groups in total. The summed E-state index contributed by atoms with van der Waals surface area (Å²) in [7, 11) is 3.10. The molecule has 0 bridgehead atoms. The molecule has 0 aliphatic rings. The van der Waals surface area contributed by atoms with Crippen LogP contribution in [0.4, 0.5) is 16.2 Å². The molecule has 0 radical (unpaired) electrons. The minimum absolute atomic E-state index is 0.372. The number of anilines is 2.